The van der Waals surface area contributed by atoms with Crippen molar-refractivity contribution in [1.29, 1.82) is 0 Å². The highest BCUT2D eigenvalue weighted by Gasteiger charge is 2.36. The molecule has 0 radical (unpaired) electrons. The average molecular weight is 485 g/mol. The van der Waals surface area contributed by atoms with Crippen LogP contribution in [0.25, 0.3) is 17.0 Å². The molecule has 1 aliphatic heterocycles. The molecule has 4 aromatic rings. The zero-order valence-corrected chi connectivity index (χ0v) is 20.0. The van der Waals surface area contributed by atoms with Gasteiger partial charge < -0.3 is 14.0 Å². The third kappa shape index (κ3) is 4.68. The number of hydrogen-bond acceptors (Lipinski definition) is 5. The number of anilines is 1. The molecule has 1 aliphatic rings. The first-order valence-corrected chi connectivity index (χ1v) is 12.1. The Morgan fingerprint density at radius 3 is 2.40 bits per heavy atom. The molecule has 2 heterocycles. The normalized spacial score (nSPS) is 14.8. The fraction of sp³-hybridized carbons (Fsp3) is 0.143. The van der Waals surface area contributed by atoms with Crippen LogP contribution in [0.4, 0.5) is 10.5 Å². The van der Waals surface area contributed by atoms with E-state index in [0.717, 1.165) is 46.9 Å². The zero-order valence-electron chi connectivity index (χ0n) is 19.2. The van der Waals surface area contributed by atoms with E-state index in [4.69, 9.17) is 9.47 Å². The number of benzene rings is 3. The van der Waals surface area contributed by atoms with Crippen molar-refractivity contribution in [2.24, 2.45) is 0 Å². The lowest BCUT2D eigenvalue weighted by atomic mass is 10.1. The molecule has 0 atom stereocenters. The van der Waals surface area contributed by atoms with Gasteiger partial charge in [0.2, 0.25) is 0 Å². The summed E-state index contributed by atoms with van der Waals surface area (Å²) in [6.07, 6.45) is 4.64. The molecule has 1 aromatic heterocycles. The third-order valence-electron chi connectivity index (χ3n) is 5.78. The number of para-hydroxylation sites is 4. The largest absolute Gasteiger partial charge is 0.493 e. The number of aryl methyl sites for hydroxylation is 1. The molecule has 0 bridgehead atoms. The first kappa shape index (κ1) is 22.8. The second-order valence-corrected chi connectivity index (χ2v) is 8.99. The molecular formula is C28H24N2O4S. The number of amides is 2. The Bertz CT molecular complexity index is 1410. The molecule has 176 valence electrons. The van der Waals surface area contributed by atoms with E-state index in [1.807, 2.05) is 72.9 Å². The number of aromatic nitrogens is 1. The Labute approximate surface area is 207 Å². The van der Waals surface area contributed by atoms with Crippen molar-refractivity contribution >= 4 is 45.6 Å². The number of thioether (sulfide) groups is 1. The van der Waals surface area contributed by atoms with E-state index in [1.165, 1.54) is 4.90 Å². The zero-order chi connectivity index (χ0) is 24.2. The van der Waals surface area contributed by atoms with Gasteiger partial charge in [-0.15, -0.1) is 0 Å². The predicted octanol–water partition coefficient (Wildman–Crippen LogP) is 6.36. The summed E-state index contributed by atoms with van der Waals surface area (Å²) in [6, 6.07) is 24.7. The van der Waals surface area contributed by atoms with Crippen LogP contribution in [0.2, 0.25) is 0 Å². The molecule has 0 saturated carbocycles. The van der Waals surface area contributed by atoms with Crippen LogP contribution >= 0.6 is 11.8 Å². The number of ether oxygens (including phenoxy) is 2. The monoisotopic (exact) mass is 484 g/mol. The van der Waals surface area contributed by atoms with Gasteiger partial charge in [0.15, 0.2) is 11.5 Å². The first-order chi connectivity index (χ1) is 17.2. The van der Waals surface area contributed by atoms with Gasteiger partial charge in [-0.1, -0.05) is 48.5 Å². The van der Waals surface area contributed by atoms with Crippen molar-refractivity contribution in [3.05, 3.63) is 95.5 Å². The van der Waals surface area contributed by atoms with Gasteiger partial charge in [-0.25, -0.2) is 4.90 Å². The van der Waals surface area contributed by atoms with E-state index in [9.17, 15) is 9.59 Å². The highest BCUT2D eigenvalue weighted by atomic mass is 32.2. The minimum atomic E-state index is -0.298. The number of carbonyl (C=O) groups excluding carboxylic acids is 2. The molecule has 0 spiro atoms. The summed E-state index contributed by atoms with van der Waals surface area (Å²) in [7, 11) is 1.63. The van der Waals surface area contributed by atoms with Gasteiger partial charge >= 0.3 is 0 Å². The fourth-order valence-electron chi connectivity index (χ4n) is 4.14. The highest BCUT2D eigenvalue weighted by Crippen LogP contribution is 2.37. The van der Waals surface area contributed by atoms with E-state index < -0.39 is 0 Å². The van der Waals surface area contributed by atoms with Crippen LogP contribution in [0.15, 0.2) is 90.0 Å². The maximum Gasteiger partial charge on any atom is 0.298 e. The molecule has 0 N–H and O–H groups in total. The molecular weight excluding hydrogens is 460 g/mol. The summed E-state index contributed by atoms with van der Waals surface area (Å²) in [5.41, 5.74) is 2.55. The Balaban J connectivity index is 1.34. The Kier molecular flexibility index (Phi) is 6.59. The number of nitrogens with zero attached hydrogens (tertiary/aromatic N) is 2. The summed E-state index contributed by atoms with van der Waals surface area (Å²) >= 11 is 0.969. The van der Waals surface area contributed by atoms with E-state index in [1.54, 1.807) is 19.2 Å². The van der Waals surface area contributed by atoms with E-state index >= 15 is 0 Å². The van der Waals surface area contributed by atoms with Crippen LogP contribution < -0.4 is 14.4 Å². The van der Waals surface area contributed by atoms with Gasteiger partial charge in [0.25, 0.3) is 11.1 Å². The topological polar surface area (TPSA) is 60.8 Å². The number of carbonyl (C=O) groups is 2. The number of rotatable bonds is 8. The summed E-state index contributed by atoms with van der Waals surface area (Å²) in [5.74, 6) is 1.14. The van der Waals surface area contributed by atoms with Crippen LogP contribution in [0.1, 0.15) is 12.0 Å². The maximum absolute atomic E-state index is 13.0. The van der Waals surface area contributed by atoms with Crippen molar-refractivity contribution in [3.8, 4) is 11.5 Å². The predicted molar refractivity (Wildman–Crippen MR) is 140 cm³/mol. The number of fused-ring (bicyclic) bond motifs is 1. The van der Waals surface area contributed by atoms with Crippen LogP contribution in [0.3, 0.4) is 0 Å². The summed E-state index contributed by atoms with van der Waals surface area (Å²) in [4.78, 5) is 27.3. The van der Waals surface area contributed by atoms with Crippen LogP contribution in [-0.4, -0.2) is 29.4 Å². The Morgan fingerprint density at radius 2 is 1.60 bits per heavy atom. The summed E-state index contributed by atoms with van der Waals surface area (Å²) in [6.45, 7) is 1.28. The average Bonchev–Trinajstić information content (AvgIpc) is 3.38. The van der Waals surface area contributed by atoms with Crippen molar-refractivity contribution in [2.45, 2.75) is 13.0 Å². The molecule has 7 heteroatoms. The Morgan fingerprint density at radius 1 is 0.886 bits per heavy atom. The number of hydrogen-bond donors (Lipinski definition) is 0. The number of methoxy groups -OCH3 is 1. The molecule has 2 amide bonds. The van der Waals surface area contributed by atoms with Gasteiger partial charge in [0.05, 0.1) is 24.3 Å². The Hall–Kier alpha value is -3.97. The molecule has 35 heavy (non-hydrogen) atoms. The summed E-state index contributed by atoms with van der Waals surface area (Å²) < 4.78 is 13.4. The molecule has 1 saturated heterocycles. The van der Waals surface area contributed by atoms with Gasteiger partial charge in [-0.3, -0.25) is 9.59 Å². The van der Waals surface area contributed by atoms with Gasteiger partial charge in [-0.05, 0) is 54.6 Å². The molecule has 3 aromatic carbocycles. The van der Waals surface area contributed by atoms with E-state index in [-0.39, 0.29) is 11.1 Å². The lowest BCUT2D eigenvalue weighted by Gasteiger charge is -2.11. The highest BCUT2D eigenvalue weighted by molar-refractivity contribution is 8.19. The lowest BCUT2D eigenvalue weighted by molar-refractivity contribution is -0.113. The van der Waals surface area contributed by atoms with E-state index in [0.29, 0.717) is 22.9 Å². The quantitative estimate of drug-likeness (QED) is 0.215. The van der Waals surface area contributed by atoms with Crippen molar-refractivity contribution < 1.29 is 19.1 Å². The second kappa shape index (κ2) is 10.1. The standard InChI is InChI=1S/C28H24N2O4S/c1-33-24-14-7-8-15-25(24)34-17-9-16-29-19-20(22-12-5-6-13-23(22)29)18-26-27(31)30(28(32)35-26)21-10-3-2-4-11-21/h2-8,10-15,18-19H,9,16-17H2,1H3/b26-18-. The molecule has 6 nitrogen and oxygen atoms in total. The second-order valence-electron chi connectivity index (χ2n) is 8.00. The smallest absolute Gasteiger partial charge is 0.298 e. The van der Waals surface area contributed by atoms with Crippen LogP contribution in [0, 0.1) is 0 Å². The molecule has 0 unspecified atom stereocenters. The van der Waals surface area contributed by atoms with Gasteiger partial charge in [-0.2, -0.15) is 0 Å². The van der Waals surface area contributed by atoms with Gasteiger partial charge in [0, 0.05) is 29.2 Å². The fourth-order valence-corrected chi connectivity index (χ4v) is 4.97. The number of imide groups is 1. The van der Waals surface area contributed by atoms with Crippen molar-refractivity contribution in [3.63, 3.8) is 0 Å². The van der Waals surface area contributed by atoms with Crippen molar-refractivity contribution in [1.82, 2.24) is 4.57 Å². The minimum Gasteiger partial charge on any atom is -0.493 e. The third-order valence-corrected chi connectivity index (χ3v) is 6.65. The van der Waals surface area contributed by atoms with Crippen LogP contribution in [0.5, 0.6) is 11.5 Å². The maximum atomic E-state index is 13.0. The SMILES string of the molecule is COc1ccccc1OCCCn1cc(/C=C2\SC(=O)N(c3ccccc3)C2=O)c2ccccc21. The summed E-state index contributed by atoms with van der Waals surface area (Å²) in [5, 5.41) is 0.745. The minimum absolute atomic E-state index is 0.287. The first-order valence-electron chi connectivity index (χ1n) is 11.3. The van der Waals surface area contributed by atoms with Crippen LogP contribution in [-0.2, 0) is 11.3 Å². The van der Waals surface area contributed by atoms with Crippen molar-refractivity contribution in [2.75, 3.05) is 18.6 Å². The molecule has 5 rings (SSSR count). The van der Waals surface area contributed by atoms with Gasteiger partial charge in [0.1, 0.15) is 0 Å². The molecule has 0 aliphatic carbocycles. The molecule has 1 fully saturated rings. The van der Waals surface area contributed by atoms with E-state index in [2.05, 4.69) is 10.6 Å². The lowest BCUT2D eigenvalue weighted by Crippen LogP contribution is -2.27.